The van der Waals surface area contributed by atoms with E-state index in [0.29, 0.717) is 11.1 Å². The molecule has 0 heterocycles. The maximum absolute atomic E-state index is 12.6. The van der Waals surface area contributed by atoms with E-state index in [1.54, 1.807) is 6.92 Å². The van der Waals surface area contributed by atoms with Gasteiger partial charge in [0.15, 0.2) is 0 Å². The zero-order valence-electron chi connectivity index (χ0n) is 8.48. The summed E-state index contributed by atoms with van der Waals surface area (Å²) in [7, 11) is 1.21. The fourth-order valence-corrected chi connectivity index (χ4v) is 1.34. The predicted molar refractivity (Wildman–Crippen MR) is 50.6 cm³/mol. The van der Waals surface area contributed by atoms with Gasteiger partial charge in [0, 0.05) is 6.54 Å². The van der Waals surface area contributed by atoms with Crippen LogP contribution in [0.15, 0.2) is 12.1 Å². The van der Waals surface area contributed by atoms with Crippen LogP contribution in [0.5, 0.6) is 5.75 Å². The molecular weight excluding hydrogens is 207 g/mol. The quantitative estimate of drug-likeness (QED) is 0.829. The van der Waals surface area contributed by atoms with E-state index in [-0.39, 0.29) is 12.3 Å². The minimum absolute atomic E-state index is 0.0822. The van der Waals surface area contributed by atoms with E-state index in [9.17, 15) is 13.2 Å². The summed E-state index contributed by atoms with van der Waals surface area (Å²) in [5, 5.41) is 0. The Hall–Kier alpha value is -1.23. The maximum Gasteiger partial charge on any atom is 0.419 e. The number of benzene rings is 1. The molecule has 0 saturated carbocycles. The van der Waals surface area contributed by atoms with Crippen molar-refractivity contribution < 1.29 is 17.9 Å². The van der Waals surface area contributed by atoms with E-state index >= 15 is 0 Å². The average Bonchev–Trinajstić information content (AvgIpc) is 2.15. The van der Waals surface area contributed by atoms with Crippen molar-refractivity contribution in [1.29, 1.82) is 0 Å². The van der Waals surface area contributed by atoms with Gasteiger partial charge in [-0.05, 0) is 30.2 Å². The Labute approximate surface area is 85.8 Å². The summed E-state index contributed by atoms with van der Waals surface area (Å²) in [5.74, 6) is -0.169. The van der Waals surface area contributed by atoms with Crippen LogP contribution in [0.1, 0.15) is 16.7 Å². The number of rotatable bonds is 2. The van der Waals surface area contributed by atoms with E-state index in [0.717, 1.165) is 6.07 Å². The number of hydrogen-bond acceptors (Lipinski definition) is 2. The monoisotopic (exact) mass is 219 g/mol. The highest BCUT2D eigenvalue weighted by atomic mass is 19.4. The lowest BCUT2D eigenvalue weighted by Gasteiger charge is -2.14. The van der Waals surface area contributed by atoms with E-state index in [1.165, 1.54) is 13.2 Å². The van der Waals surface area contributed by atoms with Gasteiger partial charge in [-0.25, -0.2) is 0 Å². The minimum atomic E-state index is -4.41. The molecule has 84 valence electrons. The topological polar surface area (TPSA) is 35.2 Å². The zero-order chi connectivity index (χ0) is 11.6. The largest absolute Gasteiger partial charge is 0.496 e. The molecule has 0 fully saturated rings. The molecule has 0 aromatic heterocycles. The highest BCUT2D eigenvalue weighted by molar-refractivity contribution is 5.43. The van der Waals surface area contributed by atoms with Crippen LogP contribution in [0.25, 0.3) is 0 Å². The Morgan fingerprint density at radius 1 is 1.33 bits per heavy atom. The summed E-state index contributed by atoms with van der Waals surface area (Å²) in [5.41, 5.74) is 5.74. The SMILES string of the molecule is COc1cc(C)c(CN)cc1C(F)(F)F. The third-order valence-corrected chi connectivity index (χ3v) is 2.18. The Morgan fingerprint density at radius 2 is 1.93 bits per heavy atom. The second kappa shape index (κ2) is 4.10. The number of nitrogens with two attached hydrogens (primary N) is 1. The van der Waals surface area contributed by atoms with E-state index in [4.69, 9.17) is 10.5 Å². The number of ether oxygens (including phenoxy) is 1. The van der Waals surface area contributed by atoms with Crippen molar-refractivity contribution in [3.05, 3.63) is 28.8 Å². The molecule has 0 amide bonds. The van der Waals surface area contributed by atoms with Crippen LogP contribution in [0.2, 0.25) is 0 Å². The molecule has 0 unspecified atom stereocenters. The van der Waals surface area contributed by atoms with Crippen molar-refractivity contribution in [2.75, 3.05) is 7.11 Å². The van der Waals surface area contributed by atoms with Crippen LogP contribution in [0, 0.1) is 6.92 Å². The fourth-order valence-electron chi connectivity index (χ4n) is 1.34. The molecule has 2 nitrogen and oxygen atoms in total. The number of hydrogen-bond donors (Lipinski definition) is 1. The molecule has 0 aliphatic carbocycles. The van der Waals surface area contributed by atoms with Gasteiger partial charge in [-0.2, -0.15) is 13.2 Å². The van der Waals surface area contributed by atoms with Crippen molar-refractivity contribution in [3.63, 3.8) is 0 Å². The molecular formula is C10H12F3NO. The molecule has 1 aromatic rings. The molecule has 5 heteroatoms. The van der Waals surface area contributed by atoms with E-state index in [1.807, 2.05) is 0 Å². The van der Waals surface area contributed by atoms with Gasteiger partial charge in [0.1, 0.15) is 5.75 Å². The van der Waals surface area contributed by atoms with Crippen molar-refractivity contribution >= 4 is 0 Å². The summed E-state index contributed by atoms with van der Waals surface area (Å²) in [6.07, 6.45) is -4.41. The number of halogens is 3. The highest BCUT2D eigenvalue weighted by Crippen LogP contribution is 2.37. The predicted octanol–water partition coefficient (Wildman–Crippen LogP) is 2.48. The van der Waals surface area contributed by atoms with Gasteiger partial charge in [0.2, 0.25) is 0 Å². The Kier molecular flexibility index (Phi) is 3.24. The lowest BCUT2D eigenvalue weighted by atomic mass is 10.0. The Balaban J connectivity index is 3.36. The smallest absolute Gasteiger partial charge is 0.419 e. The van der Waals surface area contributed by atoms with Gasteiger partial charge in [0.05, 0.1) is 12.7 Å². The number of aryl methyl sites for hydroxylation is 1. The van der Waals surface area contributed by atoms with Crippen LogP contribution < -0.4 is 10.5 Å². The summed E-state index contributed by atoms with van der Waals surface area (Å²) < 4.78 is 42.4. The summed E-state index contributed by atoms with van der Waals surface area (Å²) in [6, 6.07) is 2.39. The Bertz CT molecular complexity index is 360. The maximum atomic E-state index is 12.6. The molecule has 0 radical (unpaired) electrons. The highest BCUT2D eigenvalue weighted by Gasteiger charge is 2.34. The first-order chi connectivity index (χ1) is 6.90. The van der Waals surface area contributed by atoms with Crippen LogP contribution in [0.4, 0.5) is 13.2 Å². The zero-order valence-corrected chi connectivity index (χ0v) is 8.48. The Morgan fingerprint density at radius 3 is 2.33 bits per heavy atom. The second-order valence-electron chi connectivity index (χ2n) is 3.18. The van der Waals surface area contributed by atoms with Crippen molar-refractivity contribution in [1.82, 2.24) is 0 Å². The number of methoxy groups -OCH3 is 1. The standard InChI is InChI=1S/C10H12F3NO/c1-6-3-9(15-2)8(10(11,12)13)4-7(6)5-14/h3-4H,5,14H2,1-2H3. The van der Waals surface area contributed by atoms with Crippen LogP contribution in [-0.2, 0) is 12.7 Å². The molecule has 0 spiro atoms. The number of alkyl halides is 3. The molecule has 0 atom stereocenters. The molecule has 0 bridgehead atoms. The summed E-state index contributed by atoms with van der Waals surface area (Å²) >= 11 is 0. The van der Waals surface area contributed by atoms with E-state index < -0.39 is 11.7 Å². The van der Waals surface area contributed by atoms with E-state index in [2.05, 4.69) is 0 Å². The summed E-state index contributed by atoms with van der Waals surface area (Å²) in [4.78, 5) is 0. The van der Waals surface area contributed by atoms with Gasteiger partial charge in [0.25, 0.3) is 0 Å². The second-order valence-corrected chi connectivity index (χ2v) is 3.18. The molecule has 0 aliphatic rings. The van der Waals surface area contributed by atoms with Gasteiger partial charge < -0.3 is 10.5 Å². The van der Waals surface area contributed by atoms with Gasteiger partial charge in [-0.15, -0.1) is 0 Å². The molecule has 2 N–H and O–H groups in total. The first-order valence-electron chi connectivity index (χ1n) is 4.35. The molecule has 1 rings (SSSR count). The van der Waals surface area contributed by atoms with Crippen molar-refractivity contribution in [3.8, 4) is 5.75 Å². The molecule has 0 aliphatic heterocycles. The minimum Gasteiger partial charge on any atom is -0.496 e. The van der Waals surface area contributed by atoms with Crippen LogP contribution in [-0.4, -0.2) is 7.11 Å². The molecule has 1 aromatic carbocycles. The first kappa shape index (κ1) is 11.8. The van der Waals surface area contributed by atoms with Gasteiger partial charge in [-0.1, -0.05) is 0 Å². The lowest BCUT2D eigenvalue weighted by molar-refractivity contribution is -0.138. The normalized spacial score (nSPS) is 11.6. The van der Waals surface area contributed by atoms with Gasteiger partial charge in [-0.3, -0.25) is 0 Å². The van der Waals surface area contributed by atoms with Crippen LogP contribution in [0.3, 0.4) is 0 Å². The first-order valence-corrected chi connectivity index (χ1v) is 4.35. The molecule has 0 saturated heterocycles. The molecule has 15 heavy (non-hydrogen) atoms. The average molecular weight is 219 g/mol. The van der Waals surface area contributed by atoms with Crippen LogP contribution >= 0.6 is 0 Å². The lowest BCUT2D eigenvalue weighted by Crippen LogP contribution is -2.10. The third-order valence-electron chi connectivity index (χ3n) is 2.18. The fraction of sp³-hybridized carbons (Fsp3) is 0.400. The summed E-state index contributed by atoms with van der Waals surface area (Å²) in [6.45, 7) is 1.78. The van der Waals surface area contributed by atoms with Crippen molar-refractivity contribution in [2.24, 2.45) is 5.73 Å². The van der Waals surface area contributed by atoms with Crippen molar-refractivity contribution in [2.45, 2.75) is 19.6 Å². The van der Waals surface area contributed by atoms with Gasteiger partial charge >= 0.3 is 6.18 Å². The third kappa shape index (κ3) is 2.41.